The van der Waals surface area contributed by atoms with Gasteiger partial charge in [0.2, 0.25) is 5.91 Å². The highest BCUT2D eigenvalue weighted by Gasteiger charge is 2.36. The number of nitrogens with zero attached hydrogens (tertiary/aromatic N) is 2. The van der Waals surface area contributed by atoms with E-state index < -0.39 is 0 Å². The van der Waals surface area contributed by atoms with Crippen LogP contribution < -0.4 is 5.32 Å². The maximum absolute atomic E-state index is 12.2. The highest BCUT2D eigenvalue weighted by Crippen LogP contribution is 2.31. The minimum atomic E-state index is -0.137. The number of benzene rings is 1. The second-order valence-electron chi connectivity index (χ2n) is 5.58. The smallest absolute Gasteiger partial charge is 0.323 e. The molecule has 0 radical (unpaired) electrons. The van der Waals surface area contributed by atoms with Gasteiger partial charge in [-0.25, -0.2) is 4.79 Å². The second kappa shape index (κ2) is 5.15. The van der Waals surface area contributed by atoms with Gasteiger partial charge < -0.3 is 15.1 Å². The van der Waals surface area contributed by atoms with Crippen molar-refractivity contribution in [1.29, 1.82) is 0 Å². The lowest BCUT2D eigenvalue weighted by molar-refractivity contribution is -0.131. The first kappa shape index (κ1) is 13.0. The molecule has 2 aliphatic rings. The molecule has 0 atom stereocenters. The highest BCUT2D eigenvalue weighted by atomic mass is 16.2. The predicted molar refractivity (Wildman–Crippen MR) is 76.2 cm³/mol. The Bertz CT molecular complexity index is 540. The summed E-state index contributed by atoms with van der Waals surface area (Å²) in [7, 11) is 0. The SMILES string of the molecule is Cc1cccc(NC(=O)N2CCN(C(=O)C3CC3)C2)c1. The molecule has 20 heavy (non-hydrogen) atoms. The van der Waals surface area contributed by atoms with Crippen LogP contribution in [0.15, 0.2) is 24.3 Å². The van der Waals surface area contributed by atoms with E-state index in [1.54, 1.807) is 9.80 Å². The number of hydrogen-bond acceptors (Lipinski definition) is 2. The zero-order valence-corrected chi connectivity index (χ0v) is 11.6. The van der Waals surface area contributed by atoms with E-state index in [2.05, 4.69) is 5.32 Å². The van der Waals surface area contributed by atoms with Crippen molar-refractivity contribution in [3.63, 3.8) is 0 Å². The number of anilines is 1. The summed E-state index contributed by atoms with van der Waals surface area (Å²) in [5.41, 5.74) is 1.90. The fraction of sp³-hybridized carbons (Fsp3) is 0.467. The van der Waals surface area contributed by atoms with Gasteiger partial charge in [0.25, 0.3) is 0 Å². The number of carbonyl (C=O) groups is 2. The van der Waals surface area contributed by atoms with Crippen molar-refractivity contribution in [1.82, 2.24) is 9.80 Å². The van der Waals surface area contributed by atoms with Crippen LogP contribution in [0.5, 0.6) is 0 Å². The fourth-order valence-electron chi connectivity index (χ4n) is 2.45. The average molecular weight is 273 g/mol. The number of hydrogen-bond donors (Lipinski definition) is 1. The molecule has 0 unspecified atom stereocenters. The number of urea groups is 1. The summed E-state index contributed by atoms with van der Waals surface area (Å²) in [6.45, 7) is 3.65. The highest BCUT2D eigenvalue weighted by molar-refractivity contribution is 5.90. The van der Waals surface area contributed by atoms with Crippen molar-refractivity contribution in [3.8, 4) is 0 Å². The molecule has 5 heteroatoms. The Morgan fingerprint density at radius 2 is 1.95 bits per heavy atom. The summed E-state index contributed by atoms with van der Waals surface area (Å²) in [6.07, 6.45) is 2.01. The molecule has 106 valence electrons. The predicted octanol–water partition coefficient (Wildman–Crippen LogP) is 2.04. The van der Waals surface area contributed by atoms with E-state index in [1.807, 2.05) is 31.2 Å². The molecule has 1 N–H and O–H groups in total. The Kier molecular flexibility index (Phi) is 3.34. The molecule has 3 rings (SSSR count). The van der Waals surface area contributed by atoms with Crippen LogP contribution in [0.1, 0.15) is 18.4 Å². The molecule has 3 amide bonds. The minimum Gasteiger partial charge on any atom is -0.323 e. The summed E-state index contributed by atoms with van der Waals surface area (Å²) in [4.78, 5) is 27.6. The van der Waals surface area contributed by atoms with Crippen molar-refractivity contribution < 1.29 is 9.59 Å². The van der Waals surface area contributed by atoms with Gasteiger partial charge in [-0.3, -0.25) is 4.79 Å². The van der Waals surface area contributed by atoms with Crippen molar-refractivity contribution in [2.75, 3.05) is 25.1 Å². The van der Waals surface area contributed by atoms with E-state index in [0.717, 1.165) is 24.1 Å². The Hall–Kier alpha value is -2.04. The first-order chi connectivity index (χ1) is 9.63. The maximum Gasteiger partial charge on any atom is 0.323 e. The summed E-state index contributed by atoms with van der Waals surface area (Å²) >= 11 is 0. The largest absolute Gasteiger partial charge is 0.323 e. The lowest BCUT2D eigenvalue weighted by Crippen LogP contribution is -2.36. The molecule has 1 aliphatic carbocycles. The molecule has 1 heterocycles. The third-order valence-corrected chi connectivity index (χ3v) is 3.78. The van der Waals surface area contributed by atoms with Crippen LogP contribution >= 0.6 is 0 Å². The van der Waals surface area contributed by atoms with E-state index in [0.29, 0.717) is 19.8 Å². The normalized spacial score (nSPS) is 18.2. The molecule has 5 nitrogen and oxygen atoms in total. The molecular formula is C15H19N3O2. The van der Waals surface area contributed by atoms with Gasteiger partial charge in [-0.1, -0.05) is 12.1 Å². The molecule has 2 fully saturated rings. The van der Waals surface area contributed by atoms with Gasteiger partial charge in [0, 0.05) is 24.7 Å². The quantitative estimate of drug-likeness (QED) is 0.896. The Balaban J connectivity index is 1.57. The molecule has 1 aliphatic heterocycles. The van der Waals surface area contributed by atoms with Gasteiger partial charge in [0.1, 0.15) is 0 Å². The maximum atomic E-state index is 12.2. The van der Waals surface area contributed by atoms with Gasteiger partial charge in [0.15, 0.2) is 0 Å². The topological polar surface area (TPSA) is 52.7 Å². The van der Waals surface area contributed by atoms with Crippen LogP contribution in [0.2, 0.25) is 0 Å². The van der Waals surface area contributed by atoms with Crippen molar-refractivity contribution in [2.45, 2.75) is 19.8 Å². The fourth-order valence-corrected chi connectivity index (χ4v) is 2.45. The zero-order valence-electron chi connectivity index (χ0n) is 11.6. The van der Waals surface area contributed by atoms with Crippen LogP contribution in [-0.2, 0) is 4.79 Å². The average Bonchev–Trinajstić information content (AvgIpc) is 3.14. The van der Waals surface area contributed by atoms with Gasteiger partial charge in [-0.2, -0.15) is 0 Å². The summed E-state index contributed by atoms with van der Waals surface area (Å²) < 4.78 is 0. The molecule has 0 aromatic heterocycles. The Labute approximate surface area is 118 Å². The molecular weight excluding hydrogens is 254 g/mol. The monoisotopic (exact) mass is 273 g/mol. The number of carbonyl (C=O) groups excluding carboxylic acids is 2. The van der Waals surface area contributed by atoms with Crippen LogP contribution in [0.3, 0.4) is 0 Å². The molecule has 0 bridgehead atoms. The Morgan fingerprint density at radius 3 is 2.65 bits per heavy atom. The lowest BCUT2D eigenvalue weighted by atomic mass is 10.2. The van der Waals surface area contributed by atoms with Gasteiger partial charge >= 0.3 is 6.03 Å². The number of amides is 3. The molecule has 1 aromatic carbocycles. The molecule has 1 saturated carbocycles. The summed E-state index contributed by atoms with van der Waals surface area (Å²) in [6, 6.07) is 7.57. The Morgan fingerprint density at radius 1 is 1.20 bits per heavy atom. The second-order valence-corrected chi connectivity index (χ2v) is 5.58. The number of aryl methyl sites for hydroxylation is 1. The van der Waals surface area contributed by atoms with E-state index in [4.69, 9.17) is 0 Å². The van der Waals surface area contributed by atoms with Crippen molar-refractivity contribution in [3.05, 3.63) is 29.8 Å². The lowest BCUT2D eigenvalue weighted by Gasteiger charge is -2.19. The summed E-state index contributed by atoms with van der Waals surface area (Å²) in [5, 5.41) is 2.88. The van der Waals surface area contributed by atoms with Crippen LogP contribution in [-0.4, -0.2) is 41.5 Å². The van der Waals surface area contributed by atoms with E-state index in [-0.39, 0.29) is 17.9 Å². The minimum absolute atomic E-state index is 0.137. The van der Waals surface area contributed by atoms with E-state index in [1.165, 1.54) is 0 Å². The zero-order chi connectivity index (χ0) is 14.1. The third-order valence-electron chi connectivity index (χ3n) is 3.78. The van der Waals surface area contributed by atoms with Crippen molar-refractivity contribution >= 4 is 17.6 Å². The molecule has 0 spiro atoms. The van der Waals surface area contributed by atoms with Crippen LogP contribution in [0.4, 0.5) is 10.5 Å². The van der Waals surface area contributed by atoms with Crippen LogP contribution in [0.25, 0.3) is 0 Å². The van der Waals surface area contributed by atoms with E-state index >= 15 is 0 Å². The molecule has 1 aromatic rings. The van der Waals surface area contributed by atoms with Crippen LogP contribution in [0, 0.1) is 12.8 Å². The number of nitrogens with one attached hydrogen (secondary N) is 1. The number of rotatable bonds is 2. The van der Waals surface area contributed by atoms with Gasteiger partial charge in [-0.15, -0.1) is 0 Å². The third kappa shape index (κ3) is 2.76. The molecule has 1 saturated heterocycles. The van der Waals surface area contributed by atoms with Gasteiger partial charge in [0.05, 0.1) is 6.67 Å². The van der Waals surface area contributed by atoms with Gasteiger partial charge in [-0.05, 0) is 37.5 Å². The first-order valence-electron chi connectivity index (χ1n) is 7.05. The van der Waals surface area contributed by atoms with Crippen molar-refractivity contribution in [2.24, 2.45) is 5.92 Å². The van der Waals surface area contributed by atoms with E-state index in [9.17, 15) is 9.59 Å². The summed E-state index contributed by atoms with van der Waals surface area (Å²) in [5.74, 6) is 0.422. The standard InChI is InChI=1S/C15H19N3O2/c1-11-3-2-4-13(9-11)16-15(20)18-8-7-17(10-18)14(19)12-5-6-12/h2-4,9,12H,5-8,10H2,1H3,(H,16,20). The first-order valence-corrected chi connectivity index (χ1v) is 7.05.